The zero-order valence-corrected chi connectivity index (χ0v) is 9.68. The summed E-state index contributed by atoms with van der Waals surface area (Å²) in [5, 5.41) is 18.1. The van der Waals surface area contributed by atoms with Crippen LogP contribution in [0.4, 0.5) is 8.78 Å². The molecule has 2 N–H and O–H groups in total. The predicted molar refractivity (Wildman–Crippen MR) is 64.4 cm³/mol. The molecule has 0 aliphatic heterocycles. The number of rotatable bonds is 3. The Hall–Kier alpha value is -2.27. The molecule has 5 heteroatoms. The summed E-state index contributed by atoms with van der Waals surface area (Å²) in [6.45, 7) is 0. The first-order chi connectivity index (χ1) is 9.00. The summed E-state index contributed by atoms with van der Waals surface area (Å²) in [7, 11) is 0. The summed E-state index contributed by atoms with van der Waals surface area (Å²) in [6.07, 6.45) is -1.98. The van der Waals surface area contributed by atoms with E-state index in [1.165, 1.54) is 24.3 Å². The third-order valence-corrected chi connectivity index (χ3v) is 2.71. The average Bonchev–Trinajstić information content (AvgIpc) is 2.39. The molecule has 0 saturated heterocycles. The lowest BCUT2D eigenvalue weighted by Gasteiger charge is -2.10. The third-order valence-electron chi connectivity index (χ3n) is 2.71. The van der Waals surface area contributed by atoms with Gasteiger partial charge in [0.05, 0.1) is 0 Å². The van der Waals surface area contributed by atoms with Gasteiger partial charge >= 0.3 is 5.97 Å². The monoisotopic (exact) mass is 264 g/mol. The highest BCUT2D eigenvalue weighted by molar-refractivity contribution is 5.75. The lowest BCUT2D eigenvalue weighted by molar-refractivity contribution is -0.147. The number of hydrogen-bond donors (Lipinski definition) is 2. The summed E-state index contributed by atoms with van der Waals surface area (Å²) in [5.74, 6) is -2.93. The number of carboxylic acid groups (broad SMARTS) is 1. The van der Waals surface area contributed by atoms with E-state index in [9.17, 15) is 18.7 Å². The lowest BCUT2D eigenvalue weighted by atomic mass is 10.00. The Morgan fingerprint density at radius 1 is 1.05 bits per heavy atom. The van der Waals surface area contributed by atoms with Crippen molar-refractivity contribution in [2.45, 2.75) is 6.10 Å². The molecular formula is C14H10F2O3. The molecule has 19 heavy (non-hydrogen) atoms. The maximum absolute atomic E-state index is 13.6. The van der Waals surface area contributed by atoms with Gasteiger partial charge in [-0.3, -0.25) is 0 Å². The quantitative estimate of drug-likeness (QED) is 0.896. The number of aliphatic carboxylic acids is 1. The molecule has 0 aromatic heterocycles. The van der Waals surface area contributed by atoms with Crippen LogP contribution in [0.25, 0.3) is 11.1 Å². The van der Waals surface area contributed by atoms with Crippen LogP contribution >= 0.6 is 0 Å². The molecule has 2 rings (SSSR count). The maximum Gasteiger partial charge on any atom is 0.337 e. The van der Waals surface area contributed by atoms with Crippen LogP contribution in [0, 0.1) is 11.6 Å². The first-order valence-electron chi connectivity index (χ1n) is 5.46. The van der Waals surface area contributed by atoms with Gasteiger partial charge in [0.1, 0.15) is 11.6 Å². The topological polar surface area (TPSA) is 57.5 Å². The van der Waals surface area contributed by atoms with Crippen molar-refractivity contribution in [2.24, 2.45) is 0 Å². The fourth-order valence-corrected chi connectivity index (χ4v) is 1.75. The number of carbonyl (C=O) groups is 1. The highest BCUT2D eigenvalue weighted by atomic mass is 19.1. The zero-order chi connectivity index (χ0) is 14.0. The second kappa shape index (κ2) is 5.16. The summed E-state index contributed by atoms with van der Waals surface area (Å²) in [4.78, 5) is 10.7. The van der Waals surface area contributed by atoms with Crippen molar-refractivity contribution < 1.29 is 23.8 Å². The van der Waals surface area contributed by atoms with Gasteiger partial charge in [-0.2, -0.15) is 0 Å². The summed E-state index contributed by atoms with van der Waals surface area (Å²) in [6, 6.07) is 9.30. The number of halogens is 2. The molecule has 1 atom stereocenters. The van der Waals surface area contributed by atoms with Crippen LogP contribution in [0.2, 0.25) is 0 Å². The number of aliphatic hydroxyl groups excluding tert-OH is 1. The molecule has 0 spiro atoms. The summed E-state index contributed by atoms with van der Waals surface area (Å²) >= 11 is 0. The third kappa shape index (κ3) is 2.61. The van der Waals surface area contributed by atoms with Crippen LogP contribution in [0.5, 0.6) is 0 Å². The van der Waals surface area contributed by atoms with Gasteiger partial charge < -0.3 is 10.2 Å². The Labute approximate surface area is 107 Å². The van der Waals surface area contributed by atoms with Gasteiger partial charge in [0, 0.05) is 11.1 Å². The summed E-state index contributed by atoms with van der Waals surface area (Å²) in [5.41, 5.74) is 0.115. The van der Waals surface area contributed by atoms with Crippen LogP contribution in [-0.4, -0.2) is 16.2 Å². The molecule has 0 heterocycles. The Bertz CT molecular complexity index is 626. The second-order valence-corrected chi connectivity index (χ2v) is 3.96. The van der Waals surface area contributed by atoms with Gasteiger partial charge in [-0.05, 0) is 23.8 Å². The van der Waals surface area contributed by atoms with Crippen molar-refractivity contribution in [1.82, 2.24) is 0 Å². The van der Waals surface area contributed by atoms with E-state index >= 15 is 0 Å². The van der Waals surface area contributed by atoms with Crippen molar-refractivity contribution in [1.29, 1.82) is 0 Å². The highest BCUT2D eigenvalue weighted by Crippen LogP contribution is 2.27. The van der Waals surface area contributed by atoms with Gasteiger partial charge in [0.25, 0.3) is 0 Å². The molecule has 0 aliphatic rings. The Kier molecular flexibility index (Phi) is 3.57. The molecule has 0 saturated carbocycles. The van der Waals surface area contributed by atoms with Gasteiger partial charge in [-0.25, -0.2) is 13.6 Å². The van der Waals surface area contributed by atoms with E-state index in [1.807, 2.05) is 0 Å². The fraction of sp³-hybridized carbons (Fsp3) is 0.0714. The number of hydrogen-bond acceptors (Lipinski definition) is 2. The first-order valence-corrected chi connectivity index (χ1v) is 5.46. The predicted octanol–water partition coefficient (Wildman–Crippen LogP) is 2.75. The molecule has 2 aromatic rings. The summed E-state index contributed by atoms with van der Waals surface area (Å²) < 4.78 is 27.1. The van der Waals surface area contributed by atoms with E-state index in [-0.39, 0.29) is 5.56 Å². The van der Waals surface area contributed by atoms with Crippen LogP contribution in [0.1, 0.15) is 11.7 Å². The molecule has 0 bridgehead atoms. The molecule has 0 fully saturated rings. The van der Waals surface area contributed by atoms with E-state index in [0.717, 1.165) is 12.1 Å². The Morgan fingerprint density at radius 2 is 1.74 bits per heavy atom. The van der Waals surface area contributed by atoms with Crippen molar-refractivity contribution in [3.05, 3.63) is 59.7 Å². The van der Waals surface area contributed by atoms with E-state index in [4.69, 9.17) is 5.11 Å². The SMILES string of the molecule is O=C(O)C(O)c1cc(-c2ccccc2F)ccc1F. The van der Waals surface area contributed by atoms with Crippen LogP contribution in [-0.2, 0) is 4.79 Å². The smallest absolute Gasteiger partial charge is 0.337 e. The first kappa shape index (κ1) is 13.2. The molecule has 0 amide bonds. The van der Waals surface area contributed by atoms with Crippen molar-refractivity contribution in [3.63, 3.8) is 0 Å². The molecule has 0 aliphatic carbocycles. The second-order valence-electron chi connectivity index (χ2n) is 3.96. The molecular weight excluding hydrogens is 254 g/mol. The maximum atomic E-state index is 13.6. The lowest BCUT2D eigenvalue weighted by Crippen LogP contribution is -2.12. The largest absolute Gasteiger partial charge is 0.479 e. The van der Waals surface area contributed by atoms with Crippen molar-refractivity contribution in [2.75, 3.05) is 0 Å². The Morgan fingerprint density at radius 3 is 2.37 bits per heavy atom. The number of benzene rings is 2. The van der Waals surface area contributed by atoms with Crippen LogP contribution < -0.4 is 0 Å². The number of carboxylic acids is 1. The molecule has 3 nitrogen and oxygen atoms in total. The Balaban J connectivity index is 2.53. The van der Waals surface area contributed by atoms with Gasteiger partial charge in [0.2, 0.25) is 0 Å². The minimum atomic E-state index is -1.98. The number of aliphatic hydroxyl groups is 1. The van der Waals surface area contributed by atoms with Gasteiger partial charge in [0.15, 0.2) is 6.10 Å². The van der Waals surface area contributed by atoms with Crippen molar-refractivity contribution >= 4 is 5.97 Å². The molecule has 0 radical (unpaired) electrons. The fourth-order valence-electron chi connectivity index (χ4n) is 1.75. The van der Waals surface area contributed by atoms with Crippen molar-refractivity contribution in [3.8, 4) is 11.1 Å². The standard InChI is InChI=1S/C14H10F2O3/c15-11-4-2-1-3-9(11)8-5-6-12(16)10(7-8)13(17)14(18)19/h1-7,13,17H,(H,18,19). The average molecular weight is 264 g/mol. The van der Waals surface area contributed by atoms with E-state index in [1.54, 1.807) is 6.07 Å². The minimum Gasteiger partial charge on any atom is -0.479 e. The molecule has 98 valence electrons. The highest BCUT2D eigenvalue weighted by Gasteiger charge is 2.21. The minimum absolute atomic E-state index is 0.210. The van der Waals surface area contributed by atoms with Crippen LogP contribution in [0.15, 0.2) is 42.5 Å². The van der Waals surface area contributed by atoms with E-state index in [2.05, 4.69) is 0 Å². The zero-order valence-electron chi connectivity index (χ0n) is 9.68. The van der Waals surface area contributed by atoms with Crippen LogP contribution in [0.3, 0.4) is 0 Å². The molecule has 1 unspecified atom stereocenters. The van der Waals surface area contributed by atoms with Gasteiger partial charge in [-0.1, -0.05) is 24.3 Å². The normalized spacial score (nSPS) is 12.2. The van der Waals surface area contributed by atoms with E-state index in [0.29, 0.717) is 5.56 Å². The molecule has 2 aromatic carbocycles. The van der Waals surface area contributed by atoms with Gasteiger partial charge in [-0.15, -0.1) is 0 Å². The van der Waals surface area contributed by atoms with E-state index < -0.39 is 29.3 Å².